The van der Waals surface area contributed by atoms with Gasteiger partial charge in [-0.15, -0.1) is 0 Å². The smallest absolute Gasteiger partial charge is 0.335 e. The Morgan fingerprint density at radius 3 is 2.56 bits per heavy atom. The fraction of sp³-hybridized carbons (Fsp3) is 0.115. The average Bonchev–Trinajstić information content (AvgIpc) is 2.84. The lowest BCUT2D eigenvalue weighted by molar-refractivity contribution is 0.0697. The van der Waals surface area contributed by atoms with Crippen molar-refractivity contribution < 1.29 is 23.1 Å². The summed E-state index contributed by atoms with van der Waals surface area (Å²) in [5, 5.41) is 10.9. The van der Waals surface area contributed by atoms with E-state index in [1.54, 1.807) is 42.5 Å². The number of aromatic carboxylic acids is 1. The Morgan fingerprint density at radius 2 is 1.76 bits per heavy atom. The van der Waals surface area contributed by atoms with Gasteiger partial charge in [-0.2, -0.15) is 0 Å². The lowest BCUT2D eigenvalue weighted by Crippen LogP contribution is -2.29. The zero-order valence-electron chi connectivity index (χ0n) is 18.4. The molecule has 2 N–H and O–H groups in total. The van der Waals surface area contributed by atoms with E-state index in [0.29, 0.717) is 23.4 Å². The normalized spacial score (nSPS) is 13.3. The number of fused-ring (bicyclic) bond motifs is 2. The molecule has 1 aliphatic heterocycles. The summed E-state index contributed by atoms with van der Waals surface area (Å²) in [7, 11) is -1.94. The SMILES string of the molecule is CN1CCOc2cc(S(=O)(=O)Nc3ccc(-c4cccc(C(=O)O)c4)c4ccccc34)ccc21. The molecule has 0 aliphatic carbocycles. The zero-order chi connectivity index (χ0) is 23.9. The molecule has 8 heteroatoms. The third-order valence-electron chi connectivity index (χ3n) is 5.93. The number of rotatable bonds is 5. The van der Waals surface area contributed by atoms with Gasteiger partial charge in [-0.1, -0.05) is 42.5 Å². The molecule has 34 heavy (non-hydrogen) atoms. The lowest BCUT2D eigenvalue weighted by atomic mass is 9.96. The van der Waals surface area contributed by atoms with Crippen LogP contribution in [0.3, 0.4) is 0 Å². The van der Waals surface area contributed by atoms with E-state index in [2.05, 4.69) is 4.72 Å². The number of hydrogen-bond acceptors (Lipinski definition) is 5. The molecule has 0 spiro atoms. The van der Waals surface area contributed by atoms with Crippen LogP contribution in [0.4, 0.5) is 11.4 Å². The summed E-state index contributed by atoms with van der Waals surface area (Å²) in [6.45, 7) is 1.24. The molecule has 4 aromatic rings. The summed E-state index contributed by atoms with van der Waals surface area (Å²) in [5.74, 6) is -0.467. The van der Waals surface area contributed by atoms with Gasteiger partial charge in [0.2, 0.25) is 0 Å². The highest BCUT2D eigenvalue weighted by atomic mass is 32.2. The van der Waals surface area contributed by atoms with Crippen LogP contribution < -0.4 is 14.4 Å². The van der Waals surface area contributed by atoms with E-state index in [-0.39, 0.29) is 10.5 Å². The van der Waals surface area contributed by atoms with Gasteiger partial charge >= 0.3 is 5.97 Å². The molecule has 0 saturated heterocycles. The average molecular weight is 475 g/mol. The van der Waals surface area contributed by atoms with Gasteiger partial charge in [-0.05, 0) is 46.8 Å². The Morgan fingerprint density at radius 1 is 0.971 bits per heavy atom. The lowest BCUT2D eigenvalue weighted by Gasteiger charge is -2.27. The van der Waals surface area contributed by atoms with E-state index in [1.807, 2.05) is 42.3 Å². The monoisotopic (exact) mass is 474 g/mol. The molecule has 4 aromatic carbocycles. The fourth-order valence-corrected chi connectivity index (χ4v) is 5.26. The molecule has 0 bridgehead atoms. The number of benzene rings is 4. The van der Waals surface area contributed by atoms with Gasteiger partial charge in [0.25, 0.3) is 10.0 Å². The molecule has 0 radical (unpaired) electrons. The number of nitrogens with one attached hydrogen (secondary N) is 1. The van der Waals surface area contributed by atoms with Crippen LogP contribution in [0.15, 0.2) is 83.8 Å². The molecule has 0 saturated carbocycles. The van der Waals surface area contributed by atoms with Crippen LogP contribution in [-0.2, 0) is 10.0 Å². The number of sulfonamides is 1. The number of carboxylic acids is 1. The van der Waals surface area contributed by atoms with Crippen molar-refractivity contribution in [3.8, 4) is 16.9 Å². The topological polar surface area (TPSA) is 95.9 Å². The Balaban J connectivity index is 1.55. The van der Waals surface area contributed by atoms with Crippen molar-refractivity contribution in [2.24, 2.45) is 0 Å². The van der Waals surface area contributed by atoms with Crippen LogP contribution in [0.25, 0.3) is 21.9 Å². The summed E-state index contributed by atoms with van der Waals surface area (Å²) in [6.07, 6.45) is 0. The van der Waals surface area contributed by atoms with Crippen LogP contribution in [0.2, 0.25) is 0 Å². The van der Waals surface area contributed by atoms with Gasteiger partial charge in [0.15, 0.2) is 0 Å². The maximum absolute atomic E-state index is 13.2. The van der Waals surface area contributed by atoms with Gasteiger partial charge in [-0.3, -0.25) is 4.72 Å². The molecule has 0 unspecified atom stereocenters. The number of ether oxygens (including phenoxy) is 1. The molecule has 7 nitrogen and oxygen atoms in total. The molecular formula is C26H22N2O5S. The molecule has 0 fully saturated rings. The maximum Gasteiger partial charge on any atom is 0.335 e. The predicted molar refractivity (Wildman–Crippen MR) is 132 cm³/mol. The quantitative estimate of drug-likeness (QED) is 0.430. The highest BCUT2D eigenvalue weighted by Crippen LogP contribution is 2.36. The van der Waals surface area contributed by atoms with Gasteiger partial charge in [0.05, 0.1) is 28.4 Å². The van der Waals surface area contributed by atoms with Crippen molar-refractivity contribution >= 4 is 38.1 Å². The number of anilines is 2. The first-order chi connectivity index (χ1) is 16.3. The van der Waals surface area contributed by atoms with Gasteiger partial charge < -0.3 is 14.7 Å². The predicted octanol–water partition coefficient (Wildman–Crippen LogP) is 4.83. The third-order valence-corrected chi connectivity index (χ3v) is 7.29. The van der Waals surface area contributed by atoms with Gasteiger partial charge in [-0.25, -0.2) is 13.2 Å². The first kappa shape index (κ1) is 21.8. The minimum Gasteiger partial charge on any atom is -0.490 e. The Kier molecular flexibility index (Phi) is 5.37. The van der Waals surface area contributed by atoms with Crippen molar-refractivity contribution in [2.45, 2.75) is 4.90 Å². The second-order valence-electron chi connectivity index (χ2n) is 8.10. The third kappa shape index (κ3) is 3.92. The van der Waals surface area contributed by atoms with Crippen LogP contribution in [0.5, 0.6) is 5.75 Å². The Bertz CT molecular complexity index is 1530. The number of carbonyl (C=O) groups is 1. The van der Waals surface area contributed by atoms with E-state index < -0.39 is 16.0 Å². The molecule has 0 aromatic heterocycles. The van der Waals surface area contributed by atoms with Crippen LogP contribution in [-0.4, -0.2) is 39.7 Å². The molecule has 0 atom stereocenters. The summed E-state index contributed by atoms with van der Waals surface area (Å²) >= 11 is 0. The van der Waals surface area contributed by atoms with Gasteiger partial charge in [0, 0.05) is 18.5 Å². The highest BCUT2D eigenvalue weighted by Gasteiger charge is 2.22. The van der Waals surface area contributed by atoms with E-state index in [1.165, 1.54) is 6.07 Å². The molecule has 172 valence electrons. The van der Waals surface area contributed by atoms with Crippen LogP contribution in [0.1, 0.15) is 10.4 Å². The first-order valence-corrected chi connectivity index (χ1v) is 12.2. The second-order valence-corrected chi connectivity index (χ2v) is 9.78. The van der Waals surface area contributed by atoms with E-state index in [4.69, 9.17) is 4.74 Å². The molecule has 5 rings (SSSR count). The maximum atomic E-state index is 13.2. The van der Waals surface area contributed by atoms with Crippen molar-refractivity contribution in [3.63, 3.8) is 0 Å². The number of nitrogens with zero attached hydrogens (tertiary/aromatic N) is 1. The molecule has 1 heterocycles. The van der Waals surface area contributed by atoms with E-state index in [9.17, 15) is 18.3 Å². The zero-order valence-corrected chi connectivity index (χ0v) is 19.2. The van der Waals surface area contributed by atoms with Crippen LogP contribution in [0, 0.1) is 0 Å². The summed E-state index contributed by atoms with van der Waals surface area (Å²) in [4.78, 5) is 13.5. The van der Waals surface area contributed by atoms with Crippen LogP contribution >= 0.6 is 0 Å². The van der Waals surface area contributed by atoms with Crippen molar-refractivity contribution in [1.82, 2.24) is 0 Å². The number of hydrogen-bond donors (Lipinski definition) is 2. The minimum atomic E-state index is -3.88. The Hall–Kier alpha value is -4.04. The van der Waals surface area contributed by atoms with Crippen molar-refractivity contribution in [1.29, 1.82) is 0 Å². The second kappa shape index (κ2) is 8.39. The van der Waals surface area contributed by atoms with Crippen molar-refractivity contribution in [2.75, 3.05) is 29.8 Å². The number of carboxylic acid groups (broad SMARTS) is 1. The van der Waals surface area contributed by atoms with E-state index >= 15 is 0 Å². The minimum absolute atomic E-state index is 0.115. The molecule has 1 aliphatic rings. The van der Waals surface area contributed by atoms with E-state index in [0.717, 1.165) is 28.7 Å². The molecular weight excluding hydrogens is 452 g/mol. The largest absolute Gasteiger partial charge is 0.490 e. The Labute approximate surface area is 197 Å². The fourth-order valence-electron chi connectivity index (χ4n) is 4.17. The first-order valence-electron chi connectivity index (χ1n) is 10.7. The van der Waals surface area contributed by atoms with Gasteiger partial charge in [0.1, 0.15) is 12.4 Å². The summed E-state index contributed by atoms with van der Waals surface area (Å²) in [5.41, 5.74) is 3.02. The summed E-state index contributed by atoms with van der Waals surface area (Å²) in [6, 6.07) is 22.5. The highest BCUT2D eigenvalue weighted by molar-refractivity contribution is 7.92. The van der Waals surface area contributed by atoms with Crippen molar-refractivity contribution in [3.05, 3.63) is 84.4 Å². The standard InChI is InChI=1S/C26H22N2O5S/c1-28-13-14-33-25-16-19(9-12-24(25)28)34(31,32)27-23-11-10-20(21-7-2-3-8-22(21)23)17-5-4-6-18(15-17)26(29)30/h2-12,15-16,27H,13-14H2,1H3,(H,29,30). The molecule has 0 amide bonds. The summed E-state index contributed by atoms with van der Waals surface area (Å²) < 4.78 is 34.9. The number of likely N-dealkylation sites (N-methyl/N-ethyl adjacent to an activating group) is 1.